The van der Waals surface area contributed by atoms with Gasteiger partial charge in [0.1, 0.15) is 12.6 Å². The molecule has 0 rings (SSSR count). The third-order valence-electron chi connectivity index (χ3n) is 7.93. The van der Waals surface area contributed by atoms with Gasteiger partial charge in [-0.1, -0.05) is 109 Å². The minimum Gasteiger partial charge on any atom is -0.322 e. The quantitative estimate of drug-likeness (QED) is 0.0479. The molecule has 0 radical (unpaired) electrons. The molecule has 0 aliphatic carbocycles. The van der Waals surface area contributed by atoms with E-state index in [0.29, 0.717) is 6.54 Å². The standard InChI is InChI=1S/C30H62NO4P/c1-5-9-10-11-12-13-14-15-16-17-18-19-20-21-22-23-24-25-26-27-28-30(35-36(32,33)34)29-31(6-2,7-3)8-4/h15-16,30H,5-14,17-29H2,1-4H3,(H-,32,33,34)/p+1. The number of nitrogens with zero attached hydrogens (tertiary/aromatic N) is 1. The molecule has 6 heteroatoms. The van der Waals surface area contributed by atoms with Crippen LogP contribution in [0.5, 0.6) is 0 Å². The molecule has 0 aliphatic heterocycles. The number of rotatable bonds is 27. The lowest BCUT2D eigenvalue weighted by atomic mass is 10.0. The summed E-state index contributed by atoms with van der Waals surface area (Å²) in [5.74, 6) is 0. The Bertz CT molecular complexity index is 537. The Morgan fingerprint density at radius 3 is 1.42 bits per heavy atom. The van der Waals surface area contributed by atoms with Crippen LogP contribution in [0.3, 0.4) is 0 Å². The number of unbranched alkanes of at least 4 members (excludes halogenated alkanes) is 16. The molecule has 216 valence electrons. The minimum atomic E-state index is -4.45. The number of phosphoric ester groups is 1. The van der Waals surface area contributed by atoms with Crippen LogP contribution in [0.4, 0.5) is 0 Å². The van der Waals surface area contributed by atoms with E-state index < -0.39 is 7.82 Å². The van der Waals surface area contributed by atoms with Gasteiger partial charge in [0.05, 0.1) is 19.6 Å². The van der Waals surface area contributed by atoms with Crippen molar-refractivity contribution in [2.45, 2.75) is 156 Å². The number of hydrogen-bond donors (Lipinski definition) is 2. The van der Waals surface area contributed by atoms with Crippen LogP contribution in [0.2, 0.25) is 0 Å². The molecule has 0 amide bonds. The zero-order chi connectivity index (χ0) is 27.0. The van der Waals surface area contributed by atoms with Crippen molar-refractivity contribution in [3.63, 3.8) is 0 Å². The summed E-state index contributed by atoms with van der Waals surface area (Å²) in [6.07, 6.45) is 28.6. The van der Waals surface area contributed by atoms with Gasteiger partial charge in [-0.15, -0.1) is 0 Å². The fraction of sp³-hybridized carbons (Fsp3) is 0.933. The molecule has 0 aliphatic rings. The van der Waals surface area contributed by atoms with Gasteiger partial charge in [0.15, 0.2) is 0 Å². The molecule has 1 atom stereocenters. The highest BCUT2D eigenvalue weighted by Crippen LogP contribution is 2.39. The SMILES string of the molecule is CCCCCCCCC=CCCCCCCCCCCCCC(C[N+](CC)(CC)CC)OP(=O)(O)O. The second-order valence-corrected chi connectivity index (χ2v) is 12.0. The van der Waals surface area contributed by atoms with E-state index in [0.717, 1.165) is 43.4 Å². The maximum Gasteiger partial charge on any atom is 0.470 e. The molecule has 0 saturated carbocycles. The second kappa shape index (κ2) is 23.9. The second-order valence-electron chi connectivity index (χ2n) is 10.8. The fourth-order valence-electron chi connectivity index (χ4n) is 5.19. The molecule has 1 unspecified atom stereocenters. The third kappa shape index (κ3) is 21.9. The van der Waals surface area contributed by atoms with Crippen LogP contribution >= 0.6 is 7.82 Å². The van der Waals surface area contributed by atoms with E-state index >= 15 is 0 Å². The van der Waals surface area contributed by atoms with Crippen molar-refractivity contribution in [2.75, 3.05) is 26.2 Å². The highest BCUT2D eigenvalue weighted by atomic mass is 31.2. The Labute approximate surface area is 225 Å². The average molecular weight is 533 g/mol. The number of quaternary nitrogens is 1. The molecule has 0 fully saturated rings. The molecule has 2 N–H and O–H groups in total. The highest BCUT2D eigenvalue weighted by molar-refractivity contribution is 7.46. The summed E-state index contributed by atoms with van der Waals surface area (Å²) in [5, 5.41) is 0. The minimum absolute atomic E-state index is 0.365. The van der Waals surface area contributed by atoms with E-state index in [1.54, 1.807) is 0 Å². The predicted molar refractivity (Wildman–Crippen MR) is 156 cm³/mol. The van der Waals surface area contributed by atoms with Crippen molar-refractivity contribution in [3.8, 4) is 0 Å². The van der Waals surface area contributed by atoms with E-state index in [-0.39, 0.29) is 6.10 Å². The van der Waals surface area contributed by atoms with Gasteiger partial charge in [-0.05, 0) is 52.9 Å². The van der Waals surface area contributed by atoms with Gasteiger partial charge in [-0.25, -0.2) is 4.57 Å². The highest BCUT2D eigenvalue weighted by Gasteiger charge is 2.31. The van der Waals surface area contributed by atoms with Crippen LogP contribution in [0.15, 0.2) is 12.2 Å². The average Bonchev–Trinajstić information content (AvgIpc) is 2.85. The number of allylic oxidation sites excluding steroid dienone is 2. The lowest BCUT2D eigenvalue weighted by Crippen LogP contribution is -2.52. The molecule has 0 bridgehead atoms. The number of hydrogen-bond acceptors (Lipinski definition) is 2. The van der Waals surface area contributed by atoms with E-state index in [2.05, 4.69) is 39.8 Å². The molecule has 0 aromatic carbocycles. The first-order valence-electron chi connectivity index (χ1n) is 15.6. The summed E-state index contributed by atoms with van der Waals surface area (Å²) in [6, 6.07) is 0. The Balaban J connectivity index is 3.71. The van der Waals surface area contributed by atoms with Gasteiger partial charge in [-0.2, -0.15) is 0 Å². The number of phosphoric acid groups is 1. The van der Waals surface area contributed by atoms with Crippen LogP contribution in [-0.2, 0) is 9.09 Å². The molecule has 36 heavy (non-hydrogen) atoms. The molecule has 0 spiro atoms. The first kappa shape index (κ1) is 35.8. The normalized spacial score (nSPS) is 13.6. The molecular formula is C30H63NO4P+. The summed E-state index contributed by atoms with van der Waals surface area (Å²) in [6.45, 7) is 12.3. The first-order chi connectivity index (χ1) is 17.3. The maximum atomic E-state index is 11.5. The molecular weight excluding hydrogens is 469 g/mol. The van der Waals surface area contributed by atoms with Gasteiger partial charge >= 0.3 is 7.82 Å². The van der Waals surface area contributed by atoms with E-state index in [1.807, 2.05) is 0 Å². The molecule has 0 saturated heterocycles. The van der Waals surface area contributed by atoms with Crippen LogP contribution in [0.25, 0.3) is 0 Å². The largest absolute Gasteiger partial charge is 0.470 e. The Kier molecular flexibility index (Phi) is 23.8. The van der Waals surface area contributed by atoms with Gasteiger partial charge in [0, 0.05) is 0 Å². The topological polar surface area (TPSA) is 66.8 Å². The molecule has 5 nitrogen and oxygen atoms in total. The molecule has 0 heterocycles. The predicted octanol–water partition coefficient (Wildman–Crippen LogP) is 9.33. The van der Waals surface area contributed by atoms with E-state index in [9.17, 15) is 14.4 Å². The van der Waals surface area contributed by atoms with Crippen LogP contribution < -0.4 is 0 Å². The van der Waals surface area contributed by atoms with Gasteiger partial charge in [0.25, 0.3) is 0 Å². The lowest BCUT2D eigenvalue weighted by Gasteiger charge is -2.38. The van der Waals surface area contributed by atoms with Crippen molar-refractivity contribution < 1.29 is 23.4 Å². The lowest BCUT2D eigenvalue weighted by molar-refractivity contribution is -0.925. The van der Waals surface area contributed by atoms with Gasteiger partial charge < -0.3 is 14.3 Å². The van der Waals surface area contributed by atoms with Crippen molar-refractivity contribution in [1.29, 1.82) is 0 Å². The van der Waals surface area contributed by atoms with Crippen molar-refractivity contribution in [3.05, 3.63) is 12.2 Å². The zero-order valence-corrected chi connectivity index (χ0v) is 25.5. The van der Waals surface area contributed by atoms with Crippen LogP contribution in [0, 0.1) is 0 Å². The summed E-state index contributed by atoms with van der Waals surface area (Å²) < 4.78 is 17.5. The monoisotopic (exact) mass is 532 g/mol. The molecule has 0 aromatic rings. The molecule has 0 aromatic heterocycles. The third-order valence-corrected chi connectivity index (χ3v) is 8.50. The van der Waals surface area contributed by atoms with Crippen molar-refractivity contribution in [2.24, 2.45) is 0 Å². The summed E-state index contributed by atoms with van der Waals surface area (Å²) in [4.78, 5) is 18.7. The van der Waals surface area contributed by atoms with E-state index in [4.69, 9.17) is 4.52 Å². The Morgan fingerprint density at radius 1 is 0.639 bits per heavy atom. The number of likely N-dealkylation sites (N-methyl/N-ethyl adjacent to an activating group) is 1. The van der Waals surface area contributed by atoms with Gasteiger partial charge in [0.2, 0.25) is 0 Å². The van der Waals surface area contributed by atoms with Crippen LogP contribution in [0.1, 0.15) is 150 Å². The van der Waals surface area contributed by atoms with Crippen LogP contribution in [-0.4, -0.2) is 46.6 Å². The van der Waals surface area contributed by atoms with Crippen molar-refractivity contribution >= 4 is 7.82 Å². The summed E-state index contributed by atoms with van der Waals surface area (Å²) in [7, 11) is -4.45. The fourth-order valence-corrected chi connectivity index (χ4v) is 5.75. The van der Waals surface area contributed by atoms with E-state index in [1.165, 1.54) is 103 Å². The van der Waals surface area contributed by atoms with Gasteiger partial charge in [-0.3, -0.25) is 4.52 Å². The van der Waals surface area contributed by atoms with Crippen molar-refractivity contribution in [1.82, 2.24) is 0 Å². The first-order valence-corrected chi connectivity index (χ1v) is 17.1. The smallest absolute Gasteiger partial charge is 0.322 e. The zero-order valence-electron chi connectivity index (χ0n) is 24.6. The summed E-state index contributed by atoms with van der Waals surface area (Å²) in [5.41, 5.74) is 0. The summed E-state index contributed by atoms with van der Waals surface area (Å²) >= 11 is 0. The Hall–Kier alpha value is -0.190. The Morgan fingerprint density at radius 2 is 1.03 bits per heavy atom. The maximum absolute atomic E-state index is 11.5.